The van der Waals surface area contributed by atoms with Gasteiger partial charge in [0.2, 0.25) is 0 Å². The molecule has 0 saturated carbocycles. The zero-order valence-electron chi connectivity index (χ0n) is 7.02. The summed E-state index contributed by atoms with van der Waals surface area (Å²) >= 11 is 0. The smallest absolute Gasteiger partial charge is 0.756 e. The summed E-state index contributed by atoms with van der Waals surface area (Å²) < 4.78 is 17.5. The van der Waals surface area contributed by atoms with Crippen molar-refractivity contribution in [3.63, 3.8) is 0 Å². The first kappa shape index (κ1) is 44.7. The maximum atomic E-state index is 8.77. The van der Waals surface area contributed by atoms with Crippen molar-refractivity contribution < 1.29 is 60.4 Å². The van der Waals surface area contributed by atoms with E-state index in [1.165, 1.54) is 0 Å². The molecule has 0 atom stereocenters. The molecule has 0 aromatic rings. The van der Waals surface area contributed by atoms with Gasteiger partial charge in [-0.3, -0.25) is 9.13 Å². The molecular formula is H12MgO12P2. The second-order valence-electron chi connectivity index (χ2n) is 0.981. The van der Waals surface area contributed by atoms with Crippen LogP contribution in [0.1, 0.15) is 0 Å². The Labute approximate surface area is 99.4 Å². The van der Waals surface area contributed by atoms with Gasteiger partial charge in [-0.05, 0) is 0 Å². The van der Waals surface area contributed by atoms with Gasteiger partial charge in [0, 0.05) is 0 Å². The molecule has 12 N–H and O–H groups in total. The fraction of sp³-hybridized carbons (Fsp3) is 0. The number of rotatable bonds is 0. The van der Waals surface area contributed by atoms with E-state index < -0.39 is 15.6 Å². The van der Waals surface area contributed by atoms with Gasteiger partial charge in [0.25, 0.3) is 15.6 Å². The van der Waals surface area contributed by atoms with E-state index in [1.807, 2.05) is 0 Å². The maximum Gasteiger partial charge on any atom is 2.00 e. The van der Waals surface area contributed by atoms with Crippen molar-refractivity contribution in [1.82, 2.24) is 0 Å². The fourth-order valence-corrected chi connectivity index (χ4v) is 0. The average molecular weight is 290 g/mol. The Morgan fingerprint density at radius 1 is 0.667 bits per heavy atom. The van der Waals surface area contributed by atoms with Crippen molar-refractivity contribution in [2.75, 3.05) is 0 Å². The number of hydrogen-bond donors (Lipinski definition) is 4. The minimum atomic E-state index is -4.89. The molecule has 0 rings (SSSR count). The van der Waals surface area contributed by atoms with E-state index >= 15 is 0 Å². The molecule has 0 unspecified atom stereocenters. The van der Waals surface area contributed by atoms with E-state index in [-0.39, 0.29) is 45.0 Å². The van der Waals surface area contributed by atoms with Crippen molar-refractivity contribution in [3.8, 4) is 0 Å². The monoisotopic (exact) mass is 290 g/mol. The maximum absolute atomic E-state index is 8.77. The Morgan fingerprint density at radius 3 is 0.667 bits per heavy atom. The van der Waals surface area contributed by atoms with Gasteiger partial charge < -0.3 is 51.3 Å². The molecule has 0 spiro atoms. The quantitative estimate of drug-likeness (QED) is 0.244. The van der Waals surface area contributed by atoms with Crippen molar-refractivity contribution in [2.45, 2.75) is 0 Å². The van der Waals surface area contributed by atoms with Crippen LogP contribution in [0.4, 0.5) is 0 Å². The van der Waals surface area contributed by atoms with E-state index in [4.69, 9.17) is 38.5 Å². The molecule has 0 aliphatic carbocycles. The van der Waals surface area contributed by atoms with Crippen LogP contribution in [0.5, 0.6) is 0 Å². The average Bonchev–Trinajstić information content (AvgIpc) is 1.12. The summed E-state index contributed by atoms with van der Waals surface area (Å²) in [4.78, 5) is 45.8. The van der Waals surface area contributed by atoms with Gasteiger partial charge in [0.05, 0.1) is 0 Å². The Kier molecular flexibility index (Phi) is 51.3. The van der Waals surface area contributed by atoms with Crippen LogP contribution in [0.15, 0.2) is 0 Å². The predicted octanol–water partition coefficient (Wildman–Crippen LogP) is -6.80. The second-order valence-corrected chi connectivity index (χ2v) is 2.94. The van der Waals surface area contributed by atoms with Crippen LogP contribution in [0.2, 0.25) is 0 Å². The topological polar surface area (TPSA) is 287 Å². The van der Waals surface area contributed by atoms with E-state index in [0.29, 0.717) is 0 Å². The van der Waals surface area contributed by atoms with Crippen LogP contribution in [0, 0.1) is 0 Å². The molecule has 0 aromatic heterocycles. The van der Waals surface area contributed by atoms with Gasteiger partial charge in [0.1, 0.15) is 0 Å². The van der Waals surface area contributed by atoms with Crippen molar-refractivity contribution in [2.24, 2.45) is 0 Å². The number of phosphoric acid groups is 2. The molecule has 0 bridgehead atoms. The molecule has 15 heavy (non-hydrogen) atoms. The van der Waals surface area contributed by atoms with Crippen molar-refractivity contribution in [3.05, 3.63) is 0 Å². The van der Waals surface area contributed by atoms with E-state index in [1.54, 1.807) is 0 Å². The van der Waals surface area contributed by atoms with Crippen LogP contribution in [0.3, 0.4) is 0 Å². The van der Waals surface area contributed by atoms with E-state index in [0.717, 1.165) is 0 Å². The standard InChI is InChI=1S/Mg.2H3O4P.4H2O/c;2*1-5(2,3)4;;;;/h;2*(H3,1,2,3,4);4*1H2/q+2;;;;;;/p-2. The zero-order valence-corrected chi connectivity index (χ0v) is 10.2. The molecule has 0 aliphatic heterocycles. The van der Waals surface area contributed by atoms with Crippen LogP contribution in [-0.4, -0.2) is 64.5 Å². The molecule has 0 heterocycles. The molecule has 0 saturated heterocycles. The van der Waals surface area contributed by atoms with Gasteiger partial charge in [-0.15, -0.1) is 0 Å². The summed E-state index contributed by atoms with van der Waals surface area (Å²) in [5, 5.41) is 0. The van der Waals surface area contributed by atoms with Gasteiger partial charge in [-0.25, -0.2) is 0 Å². The van der Waals surface area contributed by atoms with Crippen LogP contribution in [0.25, 0.3) is 0 Å². The summed E-state index contributed by atoms with van der Waals surface area (Å²) in [6, 6.07) is 0. The van der Waals surface area contributed by atoms with Gasteiger partial charge in [-0.2, -0.15) is 0 Å². The molecular weight excluding hydrogens is 278 g/mol. The van der Waals surface area contributed by atoms with Crippen LogP contribution < -0.4 is 9.79 Å². The fourth-order valence-electron chi connectivity index (χ4n) is 0. The molecule has 0 amide bonds. The predicted molar refractivity (Wildman–Crippen MR) is 44.3 cm³/mol. The minimum Gasteiger partial charge on any atom is -0.756 e. The molecule has 96 valence electrons. The Hall–Kier alpha value is 0.826. The Balaban J connectivity index is -0.0000000128. The van der Waals surface area contributed by atoms with Crippen LogP contribution in [-0.2, 0) is 9.13 Å². The Bertz CT molecular complexity index is 126. The molecule has 0 fully saturated rings. The first-order valence-electron chi connectivity index (χ1n) is 1.53. The number of hydrogen-bond acceptors (Lipinski definition) is 4. The normalized spacial score (nSPS) is 7.87. The molecule has 12 nitrogen and oxygen atoms in total. The summed E-state index contributed by atoms with van der Waals surface area (Å²) in [7, 11) is -9.78. The van der Waals surface area contributed by atoms with E-state index in [9.17, 15) is 0 Å². The third kappa shape index (κ3) is 3570. The SMILES string of the molecule is O.O.O.O.O=P([O-])(O)O.O=P([O-])(O)O.[Mg+2]. The van der Waals surface area contributed by atoms with Gasteiger partial charge in [0.15, 0.2) is 0 Å². The minimum absolute atomic E-state index is 0. The third-order valence-electron chi connectivity index (χ3n) is 0. The second kappa shape index (κ2) is 17.2. The van der Waals surface area contributed by atoms with Crippen molar-refractivity contribution >= 4 is 38.7 Å². The van der Waals surface area contributed by atoms with Gasteiger partial charge >= 0.3 is 23.1 Å². The molecule has 0 aromatic carbocycles. The molecule has 0 radical (unpaired) electrons. The summed E-state index contributed by atoms with van der Waals surface area (Å²) in [5.41, 5.74) is 0. The Morgan fingerprint density at radius 2 is 0.667 bits per heavy atom. The summed E-state index contributed by atoms with van der Waals surface area (Å²) in [6.45, 7) is 0. The van der Waals surface area contributed by atoms with E-state index in [2.05, 4.69) is 0 Å². The zero-order chi connectivity index (χ0) is 9.00. The summed E-state index contributed by atoms with van der Waals surface area (Å²) in [6.07, 6.45) is 0. The molecule has 15 heteroatoms. The third-order valence-corrected chi connectivity index (χ3v) is 0. The van der Waals surface area contributed by atoms with Crippen LogP contribution >= 0.6 is 15.6 Å². The first-order chi connectivity index (χ1) is 4.00. The van der Waals surface area contributed by atoms with Crippen molar-refractivity contribution in [1.29, 1.82) is 0 Å². The molecule has 0 aliphatic rings. The summed E-state index contributed by atoms with van der Waals surface area (Å²) in [5.74, 6) is 0. The largest absolute Gasteiger partial charge is 2.00 e. The van der Waals surface area contributed by atoms with Gasteiger partial charge in [-0.1, -0.05) is 0 Å². The first-order valence-corrected chi connectivity index (χ1v) is 4.59.